The van der Waals surface area contributed by atoms with Crippen LogP contribution in [0.1, 0.15) is 28.9 Å². The molecule has 0 bridgehead atoms. The van der Waals surface area contributed by atoms with E-state index in [-0.39, 0.29) is 22.7 Å². The number of halogens is 1. The molecular formula is C17H19ClN2O4S. The molecule has 0 saturated heterocycles. The Morgan fingerprint density at radius 1 is 1.16 bits per heavy atom. The summed E-state index contributed by atoms with van der Waals surface area (Å²) in [6, 6.07) is 11.6. The van der Waals surface area contributed by atoms with Crippen LogP contribution < -0.4 is 14.8 Å². The van der Waals surface area contributed by atoms with E-state index in [4.69, 9.17) is 16.3 Å². The van der Waals surface area contributed by atoms with Crippen LogP contribution in [0.15, 0.2) is 42.5 Å². The van der Waals surface area contributed by atoms with Crippen molar-refractivity contribution in [1.82, 2.24) is 5.32 Å². The normalized spacial score (nSPS) is 12.3. The Morgan fingerprint density at radius 3 is 2.32 bits per heavy atom. The van der Waals surface area contributed by atoms with Crippen molar-refractivity contribution in [1.29, 1.82) is 0 Å². The SMILES string of the molecule is COc1ccc([C@@H](C)NC(=O)c2ccc(NS(C)(=O)=O)c(Cl)c2)cc1. The molecule has 0 aromatic heterocycles. The van der Waals surface area contributed by atoms with Crippen molar-refractivity contribution >= 4 is 33.2 Å². The zero-order valence-corrected chi connectivity index (χ0v) is 15.6. The van der Waals surface area contributed by atoms with Gasteiger partial charge in [0.15, 0.2) is 0 Å². The number of ether oxygens (including phenoxy) is 1. The van der Waals surface area contributed by atoms with Gasteiger partial charge in [-0.25, -0.2) is 8.42 Å². The Kier molecular flexibility index (Phi) is 5.92. The molecule has 0 fully saturated rings. The van der Waals surface area contributed by atoms with Crippen LogP contribution in [0.3, 0.4) is 0 Å². The summed E-state index contributed by atoms with van der Waals surface area (Å²) >= 11 is 6.05. The number of sulfonamides is 1. The van der Waals surface area contributed by atoms with Crippen molar-refractivity contribution in [3.63, 3.8) is 0 Å². The first-order valence-corrected chi connectivity index (χ1v) is 9.68. The minimum Gasteiger partial charge on any atom is -0.497 e. The first-order chi connectivity index (χ1) is 11.7. The molecule has 8 heteroatoms. The zero-order chi connectivity index (χ0) is 18.6. The van der Waals surface area contributed by atoms with Gasteiger partial charge in [0.2, 0.25) is 10.0 Å². The highest BCUT2D eigenvalue weighted by Crippen LogP contribution is 2.24. The van der Waals surface area contributed by atoms with Crippen LogP contribution in [-0.4, -0.2) is 27.7 Å². The van der Waals surface area contributed by atoms with Gasteiger partial charge in [0.1, 0.15) is 5.75 Å². The lowest BCUT2D eigenvalue weighted by molar-refractivity contribution is 0.0940. The highest BCUT2D eigenvalue weighted by Gasteiger charge is 2.14. The molecule has 2 aromatic rings. The van der Waals surface area contributed by atoms with Gasteiger partial charge in [-0.2, -0.15) is 0 Å². The van der Waals surface area contributed by atoms with Crippen molar-refractivity contribution in [2.24, 2.45) is 0 Å². The third-order valence-corrected chi connectivity index (χ3v) is 4.39. The van der Waals surface area contributed by atoms with Gasteiger partial charge in [-0.3, -0.25) is 9.52 Å². The fourth-order valence-electron chi connectivity index (χ4n) is 2.19. The van der Waals surface area contributed by atoms with Crippen LogP contribution >= 0.6 is 11.6 Å². The molecule has 1 amide bonds. The molecule has 2 N–H and O–H groups in total. The zero-order valence-electron chi connectivity index (χ0n) is 14.0. The molecule has 0 aliphatic heterocycles. The topological polar surface area (TPSA) is 84.5 Å². The number of methoxy groups -OCH3 is 1. The maximum Gasteiger partial charge on any atom is 0.251 e. The van der Waals surface area contributed by atoms with Gasteiger partial charge in [0.25, 0.3) is 5.91 Å². The summed E-state index contributed by atoms with van der Waals surface area (Å²) in [6.07, 6.45) is 1.03. The Balaban J connectivity index is 2.10. The molecular weight excluding hydrogens is 364 g/mol. The van der Waals surface area contributed by atoms with Crippen molar-refractivity contribution in [3.8, 4) is 5.75 Å². The van der Waals surface area contributed by atoms with Gasteiger partial charge in [-0.15, -0.1) is 0 Å². The summed E-state index contributed by atoms with van der Waals surface area (Å²) < 4.78 is 29.9. The number of hydrogen-bond donors (Lipinski definition) is 2. The largest absolute Gasteiger partial charge is 0.497 e. The van der Waals surface area contributed by atoms with Crippen LogP contribution in [0.2, 0.25) is 5.02 Å². The second-order valence-corrected chi connectivity index (χ2v) is 7.69. The van der Waals surface area contributed by atoms with Gasteiger partial charge in [-0.05, 0) is 42.8 Å². The van der Waals surface area contributed by atoms with Crippen molar-refractivity contribution in [2.75, 3.05) is 18.1 Å². The van der Waals surface area contributed by atoms with E-state index >= 15 is 0 Å². The maximum atomic E-state index is 12.4. The third kappa shape index (κ3) is 5.37. The molecule has 0 spiro atoms. The Labute approximate surface area is 152 Å². The maximum absolute atomic E-state index is 12.4. The minimum atomic E-state index is -3.44. The Bertz CT molecular complexity index is 867. The lowest BCUT2D eigenvalue weighted by atomic mass is 10.1. The summed E-state index contributed by atoms with van der Waals surface area (Å²) in [5.74, 6) is 0.430. The Hall–Kier alpha value is -2.25. The van der Waals surface area contributed by atoms with Crippen LogP contribution in [0.5, 0.6) is 5.75 Å². The number of hydrogen-bond acceptors (Lipinski definition) is 4. The Morgan fingerprint density at radius 2 is 1.80 bits per heavy atom. The van der Waals surface area contributed by atoms with Crippen molar-refractivity contribution in [2.45, 2.75) is 13.0 Å². The lowest BCUT2D eigenvalue weighted by Gasteiger charge is -2.15. The van der Waals surface area contributed by atoms with Gasteiger partial charge in [-0.1, -0.05) is 23.7 Å². The van der Waals surface area contributed by atoms with Gasteiger partial charge in [0, 0.05) is 5.56 Å². The van der Waals surface area contributed by atoms with Crippen LogP contribution in [0.25, 0.3) is 0 Å². The average Bonchev–Trinajstić information content (AvgIpc) is 2.55. The second-order valence-electron chi connectivity index (χ2n) is 5.54. The quantitative estimate of drug-likeness (QED) is 0.803. The minimum absolute atomic E-state index is 0.148. The fraction of sp³-hybridized carbons (Fsp3) is 0.235. The van der Waals surface area contributed by atoms with E-state index in [0.717, 1.165) is 17.6 Å². The molecule has 1 atom stereocenters. The number of carbonyl (C=O) groups excluding carboxylic acids is 1. The number of carbonyl (C=O) groups is 1. The molecule has 0 saturated carbocycles. The number of anilines is 1. The summed E-state index contributed by atoms with van der Waals surface area (Å²) in [5.41, 5.74) is 1.49. The first-order valence-electron chi connectivity index (χ1n) is 7.42. The van der Waals surface area contributed by atoms with Crippen molar-refractivity contribution in [3.05, 3.63) is 58.6 Å². The van der Waals surface area contributed by atoms with Gasteiger partial charge >= 0.3 is 0 Å². The summed E-state index contributed by atoms with van der Waals surface area (Å²) in [5, 5.41) is 3.02. The molecule has 0 radical (unpaired) electrons. The van der Waals surface area contributed by atoms with E-state index < -0.39 is 10.0 Å². The predicted octanol–water partition coefficient (Wildman–Crippen LogP) is 3.21. The summed E-state index contributed by atoms with van der Waals surface area (Å²) in [4.78, 5) is 12.4. The molecule has 134 valence electrons. The van der Waals surface area contributed by atoms with E-state index in [9.17, 15) is 13.2 Å². The lowest BCUT2D eigenvalue weighted by Crippen LogP contribution is -2.26. The average molecular weight is 383 g/mol. The van der Waals surface area contributed by atoms with Crippen molar-refractivity contribution < 1.29 is 17.9 Å². The molecule has 25 heavy (non-hydrogen) atoms. The van der Waals surface area contributed by atoms with E-state index in [1.54, 1.807) is 7.11 Å². The van der Waals surface area contributed by atoms with Gasteiger partial charge < -0.3 is 10.1 Å². The molecule has 2 aromatic carbocycles. The second kappa shape index (κ2) is 7.76. The molecule has 0 unspecified atom stereocenters. The number of benzene rings is 2. The van der Waals surface area contributed by atoms with E-state index in [1.165, 1.54) is 18.2 Å². The molecule has 6 nitrogen and oxygen atoms in total. The molecule has 0 heterocycles. The highest BCUT2D eigenvalue weighted by molar-refractivity contribution is 7.92. The molecule has 0 aliphatic rings. The highest BCUT2D eigenvalue weighted by atomic mass is 35.5. The number of amides is 1. The standard InChI is InChI=1S/C17H19ClN2O4S/c1-11(12-4-7-14(24-2)8-5-12)19-17(21)13-6-9-16(15(18)10-13)20-25(3,22)23/h4-11,20H,1-3H3,(H,19,21)/t11-/m1/s1. The van der Waals surface area contributed by atoms with E-state index in [2.05, 4.69) is 10.0 Å². The van der Waals surface area contributed by atoms with Gasteiger partial charge in [0.05, 0.1) is 30.1 Å². The smallest absolute Gasteiger partial charge is 0.251 e. The molecule has 0 aliphatic carbocycles. The van der Waals surface area contributed by atoms with Crippen LogP contribution in [0.4, 0.5) is 5.69 Å². The third-order valence-electron chi connectivity index (χ3n) is 3.49. The fourth-order valence-corrected chi connectivity index (χ4v) is 3.06. The molecule has 2 rings (SSSR count). The van der Waals surface area contributed by atoms with E-state index in [0.29, 0.717) is 5.56 Å². The first kappa shape index (κ1) is 19.1. The predicted molar refractivity (Wildman–Crippen MR) is 98.8 cm³/mol. The monoisotopic (exact) mass is 382 g/mol. The number of nitrogens with one attached hydrogen (secondary N) is 2. The summed E-state index contributed by atoms with van der Waals surface area (Å²) in [7, 11) is -1.85. The van der Waals surface area contributed by atoms with Crippen LogP contribution in [0, 0.1) is 0 Å². The van der Waals surface area contributed by atoms with Crippen LogP contribution in [-0.2, 0) is 10.0 Å². The van der Waals surface area contributed by atoms with E-state index in [1.807, 2.05) is 31.2 Å². The summed E-state index contributed by atoms with van der Waals surface area (Å²) in [6.45, 7) is 1.86. The number of rotatable bonds is 6.